The van der Waals surface area contributed by atoms with E-state index in [0.717, 1.165) is 47.2 Å². The summed E-state index contributed by atoms with van der Waals surface area (Å²) in [5.41, 5.74) is 3.22. The first-order valence-electron chi connectivity index (χ1n) is 17.0. The SMILES string of the molecule is CNCC(O)C(O)C(O)C(O)CO.O=C(O)c1cc(NC(=O)c2cc(-c3ccccc3)[nH]c2CC23CC4CC(CC(C4)C2)C3)cc(C(=O)O)c1. The normalized spacial score (nSPS) is 24.4. The maximum Gasteiger partial charge on any atom is 0.335 e. The van der Waals surface area contributed by atoms with Crippen molar-refractivity contribution in [3.05, 3.63) is 77.0 Å². The zero-order valence-corrected chi connectivity index (χ0v) is 28.0. The van der Waals surface area contributed by atoms with E-state index in [2.05, 4.69) is 15.6 Å². The number of likely N-dealkylation sites (N-methyl/N-ethyl adjacent to an activating group) is 1. The van der Waals surface area contributed by atoms with Gasteiger partial charge in [-0.1, -0.05) is 30.3 Å². The van der Waals surface area contributed by atoms with E-state index in [1.165, 1.54) is 50.7 Å². The Hall–Kier alpha value is -4.11. The molecular weight excluding hydrogens is 646 g/mol. The Labute approximate surface area is 290 Å². The van der Waals surface area contributed by atoms with Crippen molar-refractivity contribution in [3.63, 3.8) is 0 Å². The van der Waals surface area contributed by atoms with Gasteiger partial charge in [-0.15, -0.1) is 0 Å². The van der Waals surface area contributed by atoms with Crippen molar-refractivity contribution in [2.24, 2.45) is 23.2 Å². The van der Waals surface area contributed by atoms with Crippen LogP contribution in [0.3, 0.4) is 0 Å². The van der Waals surface area contributed by atoms with Crippen LogP contribution in [0.25, 0.3) is 11.3 Å². The summed E-state index contributed by atoms with van der Waals surface area (Å²) in [5, 5.41) is 69.1. The van der Waals surface area contributed by atoms with Crippen LogP contribution in [0.15, 0.2) is 54.6 Å². The highest BCUT2D eigenvalue weighted by Crippen LogP contribution is 2.61. The molecule has 4 atom stereocenters. The summed E-state index contributed by atoms with van der Waals surface area (Å²) >= 11 is 0. The van der Waals surface area contributed by atoms with Gasteiger partial charge < -0.3 is 51.4 Å². The Morgan fingerprint density at radius 1 is 0.820 bits per heavy atom. The summed E-state index contributed by atoms with van der Waals surface area (Å²) in [6, 6.07) is 15.4. The Morgan fingerprint density at radius 3 is 1.86 bits per heavy atom. The molecule has 13 nitrogen and oxygen atoms in total. The van der Waals surface area contributed by atoms with E-state index in [1.807, 2.05) is 36.4 Å². The minimum Gasteiger partial charge on any atom is -0.478 e. The molecule has 13 heteroatoms. The Balaban J connectivity index is 0.000000320. The van der Waals surface area contributed by atoms with Crippen molar-refractivity contribution < 1.29 is 50.1 Å². The summed E-state index contributed by atoms with van der Waals surface area (Å²) in [4.78, 5) is 40.2. The molecular formula is C37H47N3O10. The summed E-state index contributed by atoms with van der Waals surface area (Å²) in [6.07, 6.45) is 2.83. The van der Waals surface area contributed by atoms with Crippen molar-refractivity contribution in [2.45, 2.75) is 69.4 Å². The van der Waals surface area contributed by atoms with Gasteiger partial charge in [-0.2, -0.15) is 0 Å². The predicted octanol–water partition coefficient (Wildman–Crippen LogP) is 2.73. The van der Waals surface area contributed by atoms with Crippen LogP contribution >= 0.6 is 0 Å². The molecule has 0 radical (unpaired) electrons. The maximum atomic E-state index is 13.6. The molecule has 270 valence electrons. The average Bonchev–Trinajstić information content (AvgIpc) is 3.50. The number of carbonyl (C=O) groups excluding carboxylic acids is 1. The highest BCUT2D eigenvalue weighted by Gasteiger charge is 2.51. The number of benzene rings is 2. The topological polar surface area (TPSA) is 233 Å². The third-order valence-corrected chi connectivity index (χ3v) is 10.4. The van der Waals surface area contributed by atoms with Gasteiger partial charge in [-0.25, -0.2) is 9.59 Å². The monoisotopic (exact) mass is 693 g/mol. The van der Waals surface area contributed by atoms with Crippen LogP contribution in [0.1, 0.15) is 75.3 Å². The number of rotatable bonds is 13. The summed E-state index contributed by atoms with van der Waals surface area (Å²) in [6.45, 7) is -0.569. The van der Waals surface area contributed by atoms with E-state index in [0.29, 0.717) is 5.56 Å². The zero-order chi connectivity index (χ0) is 36.2. The van der Waals surface area contributed by atoms with Crippen LogP contribution in [-0.4, -0.2) is 103 Å². The number of aliphatic hydroxyl groups excluding tert-OH is 5. The van der Waals surface area contributed by atoms with Gasteiger partial charge in [0, 0.05) is 23.6 Å². The van der Waals surface area contributed by atoms with Crippen LogP contribution in [-0.2, 0) is 6.42 Å². The molecule has 4 unspecified atom stereocenters. The highest BCUT2D eigenvalue weighted by atomic mass is 16.4. The van der Waals surface area contributed by atoms with Crippen molar-refractivity contribution in [2.75, 3.05) is 25.5 Å². The molecule has 4 bridgehead atoms. The number of carboxylic acids is 2. The molecule has 1 amide bonds. The van der Waals surface area contributed by atoms with Gasteiger partial charge in [0.2, 0.25) is 0 Å². The first-order chi connectivity index (χ1) is 23.8. The molecule has 0 saturated heterocycles. The van der Waals surface area contributed by atoms with Crippen LogP contribution in [0, 0.1) is 23.2 Å². The van der Waals surface area contributed by atoms with E-state index in [4.69, 9.17) is 20.4 Å². The Morgan fingerprint density at radius 2 is 1.36 bits per heavy atom. The number of nitrogens with one attached hydrogen (secondary N) is 3. The van der Waals surface area contributed by atoms with Gasteiger partial charge in [0.25, 0.3) is 5.91 Å². The second kappa shape index (κ2) is 15.8. The number of aromatic nitrogens is 1. The lowest BCUT2D eigenvalue weighted by Crippen LogP contribution is -2.48. The fraction of sp³-hybridized carbons (Fsp3) is 0.486. The van der Waals surface area contributed by atoms with Gasteiger partial charge >= 0.3 is 11.9 Å². The van der Waals surface area contributed by atoms with E-state index >= 15 is 0 Å². The summed E-state index contributed by atoms with van der Waals surface area (Å²) in [7, 11) is 1.57. The second-order valence-electron chi connectivity index (χ2n) is 14.3. The predicted molar refractivity (Wildman–Crippen MR) is 184 cm³/mol. The second-order valence-corrected chi connectivity index (χ2v) is 14.3. The summed E-state index contributed by atoms with van der Waals surface area (Å²) in [5.74, 6) is -0.513. The molecule has 50 heavy (non-hydrogen) atoms. The first kappa shape index (κ1) is 37.2. The fourth-order valence-corrected chi connectivity index (χ4v) is 8.53. The number of aromatic carboxylic acids is 2. The number of aliphatic hydroxyl groups is 5. The standard InChI is InChI=1S/C30H30N2O5.C7H17NO5/c33-27(31-23-10-21(28(34)35)9-22(11-23)29(36)37)24-12-25(20-4-2-1-3-5-20)32-26(24)16-30-13-17-6-18(14-30)8-19(7-17)15-30;1-8-2-4(10)6(12)7(13)5(11)3-9/h1-5,9-12,17-19,32H,6-8,13-16H2,(H,31,33)(H,34,35)(H,36,37);4-13H,2-3H2,1H3. The van der Waals surface area contributed by atoms with Crippen LogP contribution in [0.5, 0.6) is 0 Å². The molecule has 4 aliphatic carbocycles. The van der Waals surface area contributed by atoms with Crippen molar-refractivity contribution >= 4 is 23.5 Å². The minimum atomic E-state index is -1.55. The number of hydrogen-bond donors (Lipinski definition) is 10. The van der Waals surface area contributed by atoms with Gasteiger partial charge in [0.1, 0.15) is 18.3 Å². The molecule has 2 aromatic carbocycles. The molecule has 4 fully saturated rings. The van der Waals surface area contributed by atoms with Gasteiger partial charge in [-0.3, -0.25) is 4.79 Å². The smallest absolute Gasteiger partial charge is 0.335 e. The third kappa shape index (κ3) is 8.60. The van der Waals surface area contributed by atoms with E-state index < -0.39 is 43.0 Å². The van der Waals surface area contributed by atoms with Crippen LogP contribution in [0.2, 0.25) is 0 Å². The van der Waals surface area contributed by atoms with Gasteiger partial charge in [0.05, 0.1) is 29.4 Å². The molecule has 10 N–H and O–H groups in total. The number of carboxylic acid groups (broad SMARTS) is 2. The lowest BCUT2D eigenvalue weighted by molar-refractivity contribution is -0.113. The van der Waals surface area contributed by atoms with Gasteiger partial charge in [-0.05, 0) is 105 Å². The average molecular weight is 694 g/mol. The number of anilines is 1. The quantitative estimate of drug-likeness (QED) is 0.125. The van der Waals surface area contributed by atoms with E-state index in [-0.39, 0.29) is 34.7 Å². The Kier molecular flexibility index (Phi) is 11.8. The number of aromatic amines is 1. The number of carbonyl (C=O) groups is 3. The Bertz CT molecular complexity index is 1590. The van der Waals surface area contributed by atoms with Crippen LogP contribution < -0.4 is 10.6 Å². The molecule has 4 aliphatic rings. The zero-order valence-electron chi connectivity index (χ0n) is 28.0. The molecule has 0 spiro atoms. The highest BCUT2D eigenvalue weighted by molar-refractivity contribution is 6.07. The molecule has 1 aromatic heterocycles. The maximum absolute atomic E-state index is 13.6. The van der Waals surface area contributed by atoms with Crippen molar-refractivity contribution in [1.82, 2.24) is 10.3 Å². The largest absolute Gasteiger partial charge is 0.478 e. The molecule has 1 heterocycles. The van der Waals surface area contributed by atoms with Crippen LogP contribution in [0.4, 0.5) is 5.69 Å². The number of H-pyrrole nitrogens is 1. The van der Waals surface area contributed by atoms with E-state index in [1.54, 1.807) is 7.05 Å². The molecule has 4 saturated carbocycles. The lowest BCUT2D eigenvalue weighted by Gasteiger charge is -2.57. The number of amides is 1. The van der Waals surface area contributed by atoms with Crippen molar-refractivity contribution in [3.8, 4) is 11.3 Å². The van der Waals surface area contributed by atoms with Gasteiger partial charge in [0.15, 0.2) is 0 Å². The summed E-state index contributed by atoms with van der Waals surface area (Å²) < 4.78 is 0. The third-order valence-electron chi connectivity index (χ3n) is 10.4. The molecule has 3 aromatic rings. The molecule has 7 rings (SSSR count). The molecule has 0 aliphatic heterocycles. The van der Waals surface area contributed by atoms with E-state index in [9.17, 15) is 29.7 Å². The number of hydrogen-bond acceptors (Lipinski definition) is 9. The van der Waals surface area contributed by atoms with Crippen molar-refractivity contribution in [1.29, 1.82) is 0 Å². The first-order valence-corrected chi connectivity index (χ1v) is 17.0. The fourth-order valence-electron chi connectivity index (χ4n) is 8.53. The lowest BCUT2D eigenvalue weighted by atomic mass is 9.48. The minimum absolute atomic E-state index is 0.0936.